The number of hydrogen-bond acceptors (Lipinski definition) is 4. The second-order valence-corrected chi connectivity index (χ2v) is 5.82. The number of amides is 3. The van der Waals surface area contributed by atoms with E-state index in [0.29, 0.717) is 17.2 Å². The molecule has 1 aliphatic carbocycles. The van der Waals surface area contributed by atoms with E-state index in [1.54, 1.807) is 18.2 Å². The molecule has 3 amide bonds. The second-order valence-electron chi connectivity index (χ2n) is 5.82. The van der Waals surface area contributed by atoms with Crippen LogP contribution in [0.15, 0.2) is 24.3 Å². The summed E-state index contributed by atoms with van der Waals surface area (Å²) in [5.74, 6) is 0.323. The quantitative estimate of drug-likeness (QED) is 0.892. The molecule has 0 spiro atoms. The van der Waals surface area contributed by atoms with Gasteiger partial charge in [-0.05, 0) is 37.0 Å². The molecule has 6 nitrogen and oxygen atoms in total. The SMILES string of the molecule is C[C@@H]1CCCC[C@@H]1NC(=O)NC(=O)COc1cccc(C#N)c1. The molecule has 1 aliphatic rings. The van der Waals surface area contributed by atoms with E-state index < -0.39 is 11.9 Å². The predicted molar refractivity (Wildman–Crippen MR) is 84.7 cm³/mol. The first-order valence-corrected chi connectivity index (χ1v) is 7.82. The number of nitriles is 1. The summed E-state index contributed by atoms with van der Waals surface area (Å²) >= 11 is 0. The lowest BCUT2D eigenvalue weighted by Gasteiger charge is -2.29. The second kappa shape index (κ2) is 8.18. The molecule has 6 heteroatoms. The largest absolute Gasteiger partial charge is 0.484 e. The van der Waals surface area contributed by atoms with Gasteiger partial charge in [0, 0.05) is 6.04 Å². The normalized spacial score (nSPS) is 20.2. The highest BCUT2D eigenvalue weighted by Gasteiger charge is 2.23. The molecule has 0 bridgehead atoms. The maximum absolute atomic E-state index is 11.8. The van der Waals surface area contributed by atoms with Crippen molar-refractivity contribution in [1.82, 2.24) is 10.6 Å². The summed E-state index contributed by atoms with van der Waals surface area (Å²) in [6.45, 7) is 1.83. The number of nitrogens with zero attached hydrogens (tertiary/aromatic N) is 1. The zero-order valence-electron chi connectivity index (χ0n) is 13.2. The number of rotatable bonds is 4. The van der Waals surface area contributed by atoms with Crippen molar-refractivity contribution in [2.24, 2.45) is 5.92 Å². The topological polar surface area (TPSA) is 91.2 Å². The van der Waals surface area contributed by atoms with Crippen molar-refractivity contribution >= 4 is 11.9 Å². The Labute approximate surface area is 135 Å². The summed E-state index contributed by atoms with van der Waals surface area (Å²) in [4.78, 5) is 23.6. The zero-order valence-corrected chi connectivity index (χ0v) is 13.2. The summed E-state index contributed by atoms with van der Waals surface area (Å²) < 4.78 is 5.28. The molecule has 0 heterocycles. The Morgan fingerprint density at radius 2 is 2.13 bits per heavy atom. The van der Waals surface area contributed by atoms with Gasteiger partial charge in [0.2, 0.25) is 0 Å². The molecule has 1 aromatic rings. The van der Waals surface area contributed by atoms with Gasteiger partial charge in [0.05, 0.1) is 11.6 Å². The predicted octanol–water partition coefficient (Wildman–Crippen LogP) is 2.34. The van der Waals surface area contributed by atoms with Crippen LogP contribution >= 0.6 is 0 Å². The van der Waals surface area contributed by atoms with Gasteiger partial charge in [0.1, 0.15) is 5.75 Å². The van der Waals surface area contributed by atoms with Gasteiger partial charge >= 0.3 is 6.03 Å². The molecule has 122 valence electrons. The van der Waals surface area contributed by atoms with Crippen LogP contribution in [0.5, 0.6) is 5.75 Å². The van der Waals surface area contributed by atoms with E-state index in [0.717, 1.165) is 19.3 Å². The van der Waals surface area contributed by atoms with E-state index in [1.807, 2.05) is 6.07 Å². The fourth-order valence-electron chi connectivity index (χ4n) is 2.70. The molecule has 23 heavy (non-hydrogen) atoms. The van der Waals surface area contributed by atoms with Crippen molar-refractivity contribution in [1.29, 1.82) is 5.26 Å². The monoisotopic (exact) mass is 315 g/mol. The van der Waals surface area contributed by atoms with Crippen molar-refractivity contribution in [2.75, 3.05) is 6.61 Å². The highest BCUT2D eigenvalue weighted by Crippen LogP contribution is 2.23. The Kier molecular flexibility index (Phi) is 5.98. The van der Waals surface area contributed by atoms with E-state index in [2.05, 4.69) is 17.6 Å². The fourth-order valence-corrected chi connectivity index (χ4v) is 2.70. The van der Waals surface area contributed by atoms with Gasteiger partial charge in [0.15, 0.2) is 6.61 Å². The average Bonchev–Trinajstić information content (AvgIpc) is 2.55. The average molecular weight is 315 g/mol. The molecule has 1 aromatic carbocycles. The number of carbonyl (C=O) groups excluding carboxylic acids is 2. The van der Waals surface area contributed by atoms with E-state index in [9.17, 15) is 9.59 Å². The number of urea groups is 1. The smallest absolute Gasteiger partial charge is 0.321 e. The van der Waals surface area contributed by atoms with Crippen LogP contribution in [-0.4, -0.2) is 24.6 Å². The Morgan fingerprint density at radius 3 is 2.87 bits per heavy atom. The molecule has 1 saturated carbocycles. The minimum absolute atomic E-state index is 0.116. The molecule has 2 N–H and O–H groups in total. The van der Waals surface area contributed by atoms with E-state index in [-0.39, 0.29) is 12.6 Å². The Bertz CT molecular complexity index is 609. The Balaban J connectivity index is 1.75. The molecule has 0 aromatic heterocycles. The van der Waals surface area contributed by atoms with E-state index in [1.165, 1.54) is 12.5 Å². The summed E-state index contributed by atoms with van der Waals surface area (Å²) in [5, 5.41) is 13.9. The van der Waals surface area contributed by atoms with Crippen LogP contribution in [0.2, 0.25) is 0 Å². The molecule has 0 unspecified atom stereocenters. The highest BCUT2D eigenvalue weighted by molar-refractivity contribution is 5.95. The lowest BCUT2D eigenvalue weighted by Crippen LogP contribution is -2.48. The van der Waals surface area contributed by atoms with Gasteiger partial charge in [0.25, 0.3) is 5.91 Å². The molecular weight excluding hydrogens is 294 g/mol. The van der Waals surface area contributed by atoms with Crippen LogP contribution in [0.25, 0.3) is 0 Å². The third kappa shape index (κ3) is 5.29. The number of nitrogens with one attached hydrogen (secondary N) is 2. The standard InChI is InChI=1S/C17H21N3O3/c1-12-5-2-3-8-15(12)19-17(22)20-16(21)11-23-14-7-4-6-13(9-14)10-18/h4,6-7,9,12,15H,2-3,5,8,11H2,1H3,(H2,19,20,21,22)/t12-,15+/m1/s1. The number of benzene rings is 1. The van der Waals surface area contributed by atoms with Gasteiger partial charge < -0.3 is 10.1 Å². The lowest BCUT2D eigenvalue weighted by atomic mass is 9.86. The van der Waals surface area contributed by atoms with Gasteiger partial charge in [-0.15, -0.1) is 0 Å². The highest BCUT2D eigenvalue weighted by atomic mass is 16.5. The van der Waals surface area contributed by atoms with Crippen LogP contribution in [0, 0.1) is 17.2 Å². The maximum Gasteiger partial charge on any atom is 0.321 e. The maximum atomic E-state index is 11.8. The lowest BCUT2D eigenvalue weighted by molar-refractivity contribution is -0.122. The van der Waals surface area contributed by atoms with E-state index in [4.69, 9.17) is 10.00 Å². The molecule has 2 rings (SSSR count). The van der Waals surface area contributed by atoms with Crippen molar-refractivity contribution in [3.8, 4) is 11.8 Å². The third-order valence-electron chi connectivity index (χ3n) is 4.01. The molecular formula is C17H21N3O3. The number of carbonyl (C=O) groups is 2. The first-order chi connectivity index (χ1) is 11.1. The molecule has 0 saturated heterocycles. The number of imide groups is 1. The van der Waals surface area contributed by atoms with Crippen LogP contribution in [0.3, 0.4) is 0 Å². The van der Waals surface area contributed by atoms with Gasteiger partial charge in [-0.25, -0.2) is 4.79 Å². The molecule has 2 atom stereocenters. The zero-order chi connectivity index (χ0) is 16.7. The Morgan fingerprint density at radius 1 is 1.35 bits per heavy atom. The van der Waals surface area contributed by atoms with Crippen LogP contribution in [-0.2, 0) is 4.79 Å². The van der Waals surface area contributed by atoms with Crippen LogP contribution in [0.4, 0.5) is 4.79 Å². The van der Waals surface area contributed by atoms with Crippen molar-refractivity contribution in [3.05, 3.63) is 29.8 Å². The molecule has 1 fully saturated rings. The van der Waals surface area contributed by atoms with Gasteiger partial charge in [-0.2, -0.15) is 5.26 Å². The summed E-state index contributed by atoms with van der Waals surface area (Å²) in [7, 11) is 0. The van der Waals surface area contributed by atoms with Crippen molar-refractivity contribution < 1.29 is 14.3 Å². The molecule has 0 radical (unpaired) electrons. The van der Waals surface area contributed by atoms with Gasteiger partial charge in [-0.1, -0.05) is 25.8 Å². The minimum atomic E-state index is -0.520. The first-order valence-electron chi connectivity index (χ1n) is 7.82. The molecule has 0 aliphatic heterocycles. The van der Waals surface area contributed by atoms with E-state index >= 15 is 0 Å². The minimum Gasteiger partial charge on any atom is -0.484 e. The summed E-state index contributed by atoms with van der Waals surface area (Å²) in [5.41, 5.74) is 0.451. The summed E-state index contributed by atoms with van der Waals surface area (Å²) in [6, 6.07) is 8.13. The third-order valence-corrected chi connectivity index (χ3v) is 4.01. The van der Waals surface area contributed by atoms with Gasteiger partial charge in [-0.3, -0.25) is 10.1 Å². The first kappa shape index (κ1) is 16.8. The summed E-state index contributed by atoms with van der Waals surface area (Å²) in [6.07, 6.45) is 4.33. The Hall–Kier alpha value is -2.55. The van der Waals surface area contributed by atoms with Crippen molar-refractivity contribution in [2.45, 2.75) is 38.6 Å². The number of ether oxygens (including phenoxy) is 1. The van der Waals surface area contributed by atoms with Crippen LogP contribution < -0.4 is 15.4 Å². The fraction of sp³-hybridized carbons (Fsp3) is 0.471. The van der Waals surface area contributed by atoms with Crippen LogP contribution in [0.1, 0.15) is 38.2 Å². The number of hydrogen-bond donors (Lipinski definition) is 2. The van der Waals surface area contributed by atoms with Crippen molar-refractivity contribution in [3.63, 3.8) is 0 Å².